The Hall–Kier alpha value is -2.33. The Balaban J connectivity index is 1.88. The molecule has 0 bridgehead atoms. The lowest BCUT2D eigenvalue weighted by Crippen LogP contribution is -2.01. The van der Waals surface area contributed by atoms with Gasteiger partial charge in [0.2, 0.25) is 0 Å². The molecule has 108 valence electrons. The van der Waals surface area contributed by atoms with Crippen LogP contribution in [0, 0.1) is 0 Å². The van der Waals surface area contributed by atoms with Crippen molar-refractivity contribution in [1.82, 2.24) is 9.78 Å². The first-order valence-corrected chi connectivity index (χ1v) is 7.09. The van der Waals surface area contributed by atoms with Crippen molar-refractivity contribution in [3.8, 4) is 5.75 Å². The van der Waals surface area contributed by atoms with Gasteiger partial charge in [-0.15, -0.1) is 0 Å². The van der Waals surface area contributed by atoms with Crippen LogP contribution in [0.1, 0.15) is 18.2 Å². The number of aliphatic hydroxyl groups is 1. The molecular weight excluding hydrogens is 264 g/mol. The van der Waals surface area contributed by atoms with Crippen LogP contribution >= 0.6 is 0 Å². The predicted molar refractivity (Wildman–Crippen MR) is 82.1 cm³/mol. The smallest absolute Gasteiger partial charge is 0.133 e. The van der Waals surface area contributed by atoms with Gasteiger partial charge in [0, 0.05) is 17.5 Å². The Labute approximate surface area is 123 Å². The fraction of sp³-hybridized carbons (Fsp3) is 0.235. The number of ether oxygens (including phenoxy) is 1. The number of rotatable bonds is 5. The lowest BCUT2D eigenvalue weighted by Gasteiger charge is -2.08. The van der Waals surface area contributed by atoms with E-state index in [9.17, 15) is 5.11 Å². The third-order valence-electron chi connectivity index (χ3n) is 3.54. The monoisotopic (exact) mass is 282 g/mol. The summed E-state index contributed by atoms with van der Waals surface area (Å²) in [5.41, 5.74) is 2.82. The van der Waals surface area contributed by atoms with Gasteiger partial charge >= 0.3 is 0 Å². The van der Waals surface area contributed by atoms with Crippen LogP contribution in [-0.2, 0) is 19.8 Å². The largest absolute Gasteiger partial charge is 0.487 e. The number of para-hydroxylation sites is 2. The van der Waals surface area contributed by atoms with Crippen LogP contribution in [0.25, 0.3) is 10.9 Å². The number of aryl methyl sites for hydroxylation is 1. The Bertz CT molecular complexity index is 749. The maximum atomic E-state index is 9.33. The van der Waals surface area contributed by atoms with Crippen molar-refractivity contribution in [3.63, 3.8) is 0 Å². The van der Waals surface area contributed by atoms with E-state index in [0.29, 0.717) is 12.4 Å². The van der Waals surface area contributed by atoms with Crippen LogP contribution < -0.4 is 4.74 Å². The molecule has 21 heavy (non-hydrogen) atoms. The van der Waals surface area contributed by atoms with Crippen molar-refractivity contribution in [2.45, 2.75) is 26.7 Å². The fourth-order valence-electron chi connectivity index (χ4n) is 2.47. The van der Waals surface area contributed by atoms with Crippen molar-refractivity contribution >= 4 is 10.9 Å². The summed E-state index contributed by atoms with van der Waals surface area (Å²) in [6.45, 7) is 3.27. The molecule has 3 rings (SSSR count). The molecule has 1 heterocycles. The van der Waals surface area contributed by atoms with Crippen molar-refractivity contribution in [2.75, 3.05) is 0 Å². The van der Waals surface area contributed by atoms with Crippen LogP contribution in [0.2, 0.25) is 0 Å². The summed E-state index contributed by atoms with van der Waals surface area (Å²) in [7, 11) is 0. The molecule has 0 aliphatic rings. The Morgan fingerprint density at radius 1 is 1.10 bits per heavy atom. The Morgan fingerprint density at radius 2 is 1.86 bits per heavy atom. The second-order valence-corrected chi connectivity index (χ2v) is 4.83. The quantitative estimate of drug-likeness (QED) is 0.782. The number of aliphatic hydroxyl groups excluding tert-OH is 1. The predicted octanol–water partition coefficient (Wildman–Crippen LogP) is 3.13. The van der Waals surface area contributed by atoms with Crippen molar-refractivity contribution in [2.24, 2.45) is 0 Å². The van der Waals surface area contributed by atoms with E-state index in [1.54, 1.807) is 0 Å². The second-order valence-electron chi connectivity index (χ2n) is 4.83. The first-order chi connectivity index (χ1) is 10.3. The van der Waals surface area contributed by atoms with Crippen LogP contribution in [0.3, 0.4) is 0 Å². The molecule has 1 aromatic heterocycles. The first-order valence-electron chi connectivity index (χ1n) is 7.09. The molecule has 4 nitrogen and oxygen atoms in total. The van der Waals surface area contributed by atoms with Crippen LogP contribution in [0.4, 0.5) is 0 Å². The highest BCUT2D eigenvalue weighted by Gasteiger charge is 2.10. The van der Waals surface area contributed by atoms with Gasteiger partial charge in [-0.25, -0.2) is 0 Å². The summed E-state index contributed by atoms with van der Waals surface area (Å²) < 4.78 is 7.82. The molecule has 0 radical (unpaired) electrons. The summed E-state index contributed by atoms with van der Waals surface area (Å²) in [6, 6.07) is 15.7. The molecule has 0 unspecified atom stereocenters. The maximum Gasteiger partial charge on any atom is 0.133 e. The normalized spacial score (nSPS) is 11.0. The van der Waals surface area contributed by atoms with E-state index in [4.69, 9.17) is 4.74 Å². The first kappa shape index (κ1) is 13.6. The second kappa shape index (κ2) is 5.97. The topological polar surface area (TPSA) is 47.3 Å². The minimum absolute atomic E-state index is 0.0275. The molecule has 1 N–H and O–H groups in total. The molecule has 4 heteroatoms. The average Bonchev–Trinajstić information content (AvgIpc) is 2.91. The molecule has 0 spiro atoms. The SMILES string of the molecule is CCn1nc(COc2ccccc2CO)c2ccccc21. The summed E-state index contributed by atoms with van der Waals surface area (Å²) in [5.74, 6) is 0.704. The molecule has 2 aromatic carbocycles. The number of hydrogen-bond donors (Lipinski definition) is 1. The van der Waals surface area contributed by atoms with Gasteiger partial charge in [0.25, 0.3) is 0 Å². The number of benzene rings is 2. The molecule has 0 aliphatic heterocycles. The zero-order valence-electron chi connectivity index (χ0n) is 12.0. The summed E-state index contributed by atoms with van der Waals surface area (Å²) in [4.78, 5) is 0. The summed E-state index contributed by atoms with van der Waals surface area (Å²) >= 11 is 0. The molecular formula is C17H18N2O2. The number of nitrogens with zero attached hydrogens (tertiary/aromatic N) is 2. The minimum atomic E-state index is -0.0275. The van der Waals surface area contributed by atoms with E-state index in [2.05, 4.69) is 24.2 Å². The molecule has 0 atom stereocenters. The molecule has 0 fully saturated rings. The van der Waals surface area contributed by atoms with Gasteiger partial charge in [0.05, 0.1) is 12.1 Å². The van der Waals surface area contributed by atoms with Gasteiger partial charge in [0.15, 0.2) is 0 Å². The van der Waals surface area contributed by atoms with Gasteiger partial charge in [-0.2, -0.15) is 5.10 Å². The zero-order valence-corrected chi connectivity index (χ0v) is 12.0. The van der Waals surface area contributed by atoms with E-state index >= 15 is 0 Å². The highest BCUT2D eigenvalue weighted by molar-refractivity contribution is 5.81. The van der Waals surface area contributed by atoms with Gasteiger partial charge in [-0.3, -0.25) is 4.68 Å². The Kier molecular flexibility index (Phi) is 3.88. The van der Waals surface area contributed by atoms with Crippen molar-refractivity contribution in [3.05, 3.63) is 59.8 Å². The molecule has 0 saturated carbocycles. The van der Waals surface area contributed by atoms with E-state index in [1.165, 1.54) is 0 Å². The highest BCUT2D eigenvalue weighted by atomic mass is 16.5. The zero-order chi connectivity index (χ0) is 14.7. The van der Waals surface area contributed by atoms with E-state index in [1.807, 2.05) is 41.1 Å². The number of hydrogen-bond acceptors (Lipinski definition) is 3. The van der Waals surface area contributed by atoms with E-state index in [-0.39, 0.29) is 6.61 Å². The lowest BCUT2D eigenvalue weighted by molar-refractivity contribution is 0.257. The van der Waals surface area contributed by atoms with Gasteiger partial charge < -0.3 is 9.84 Å². The van der Waals surface area contributed by atoms with Gasteiger partial charge in [-0.1, -0.05) is 36.4 Å². The van der Waals surface area contributed by atoms with Crippen LogP contribution in [0.15, 0.2) is 48.5 Å². The third kappa shape index (κ3) is 2.62. The van der Waals surface area contributed by atoms with E-state index < -0.39 is 0 Å². The molecule has 0 aliphatic carbocycles. The molecule has 0 amide bonds. The average molecular weight is 282 g/mol. The van der Waals surface area contributed by atoms with Crippen molar-refractivity contribution in [1.29, 1.82) is 0 Å². The fourth-order valence-corrected chi connectivity index (χ4v) is 2.47. The number of aromatic nitrogens is 2. The van der Waals surface area contributed by atoms with E-state index in [0.717, 1.165) is 28.7 Å². The summed E-state index contributed by atoms with van der Waals surface area (Å²) in [5, 5.41) is 15.0. The van der Waals surface area contributed by atoms with Crippen molar-refractivity contribution < 1.29 is 9.84 Å². The minimum Gasteiger partial charge on any atom is -0.487 e. The van der Waals surface area contributed by atoms with Crippen LogP contribution in [-0.4, -0.2) is 14.9 Å². The lowest BCUT2D eigenvalue weighted by atomic mass is 10.2. The molecule has 0 saturated heterocycles. The van der Waals surface area contributed by atoms with Crippen LogP contribution in [0.5, 0.6) is 5.75 Å². The third-order valence-corrected chi connectivity index (χ3v) is 3.54. The number of fused-ring (bicyclic) bond motifs is 1. The maximum absolute atomic E-state index is 9.33. The van der Waals surface area contributed by atoms with Gasteiger partial charge in [0.1, 0.15) is 18.1 Å². The standard InChI is InChI=1S/C17H18N2O2/c1-2-19-16-9-5-4-8-14(16)15(18-19)12-21-17-10-6-3-7-13(17)11-20/h3-10,20H,2,11-12H2,1H3. The van der Waals surface area contributed by atoms with Gasteiger partial charge in [-0.05, 0) is 19.1 Å². The summed E-state index contributed by atoms with van der Waals surface area (Å²) in [6.07, 6.45) is 0. The molecule has 3 aromatic rings. The Morgan fingerprint density at radius 3 is 2.67 bits per heavy atom. The highest BCUT2D eigenvalue weighted by Crippen LogP contribution is 2.22.